The van der Waals surface area contributed by atoms with Crippen LogP contribution in [0.3, 0.4) is 0 Å². The molecule has 0 saturated heterocycles. The number of nitrogens with zero attached hydrogens (tertiary/aromatic N) is 3. The lowest BCUT2D eigenvalue weighted by molar-refractivity contribution is 1.18. The van der Waals surface area contributed by atoms with Crippen molar-refractivity contribution in [2.75, 3.05) is 0 Å². The highest BCUT2D eigenvalue weighted by Gasteiger charge is 2.10. The zero-order valence-electron chi connectivity index (χ0n) is 16.3. The molecule has 3 heteroatoms. The van der Waals surface area contributed by atoms with E-state index in [4.69, 9.17) is 9.97 Å². The molecule has 3 nitrogen and oxygen atoms in total. The van der Waals surface area contributed by atoms with Gasteiger partial charge < -0.3 is 0 Å². The Bertz CT molecular complexity index is 1190. The van der Waals surface area contributed by atoms with E-state index in [1.165, 1.54) is 0 Å². The SMILES string of the molecule is c1ccc(-c2cc(-c3ccc(-c4ccncc4)cc3)nc(-c3ccccc3)n2)cc1. The van der Waals surface area contributed by atoms with Crippen LogP contribution in [0.25, 0.3) is 45.0 Å². The molecule has 5 aromatic rings. The minimum Gasteiger partial charge on any atom is -0.265 e. The molecule has 0 radical (unpaired) electrons. The summed E-state index contributed by atoms with van der Waals surface area (Å²) in [5.41, 5.74) is 7.26. The van der Waals surface area contributed by atoms with Gasteiger partial charge in [-0.25, -0.2) is 9.97 Å². The minimum absolute atomic E-state index is 0.727. The van der Waals surface area contributed by atoms with E-state index >= 15 is 0 Å². The fraction of sp³-hybridized carbons (Fsp3) is 0. The fourth-order valence-electron chi connectivity index (χ4n) is 3.45. The summed E-state index contributed by atoms with van der Waals surface area (Å²) in [5, 5.41) is 0. The largest absolute Gasteiger partial charge is 0.265 e. The summed E-state index contributed by atoms with van der Waals surface area (Å²) in [6.45, 7) is 0. The molecule has 0 aliphatic heterocycles. The number of aromatic nitrogens is 3. The summed E-state index contributed by atoms with van der Waals surface area (Å²) < 4.78 is 0. The van der Waals surface area contributed by atoms with Crippen LogP contribution in [0.5, 0.6) is 0 Å². The Morgan fingerprint density at radius 1 is 0.400 bits per heavy atom. The topological polar surface area (TPSA) is 38.7 Å². The third kappa shape index (κ3) is 3.74. The van der Waals surface area contributed by atoms with Gasteiger partial charge in [0.25, 0.3) is 0 Å². The Labute approximate surface area is 175 Å². The molecule has 30 heavy (non-hydrogen) atoms. The first kappa shape index (κ1) is 18.0. The van der Waals surface area contributed by atoms with Crippen LogP contribution in [0, 0.1) is 0 Å². The lowest BCUT2D eigenvalue weighted by Gasteiger charge is -2.10. The van der Waals surface area contributed by atoms with E-state index in [1.54, 1.807) is 0 Å². The molecule has 5 rings (SSSR count). The van der Waals surface area contributed by atoms with Gasteiger partial charge in [0.15, 0.2) is 5.82 Å². The number of rotatable bonds is 4. The van der Waals surface area contributed by atoms with Crippen molar-refractivity contribution < 1.29 is 0 Å². The van der Waals surface area contributed by atoms with E-state index in [0.29, 0.717) is 0 Å². The normalized spacial score (nSPS) is 10.7. The second kappa shape index (κ2) is 8.10. The smallest absolute Gasteiger partial charge is 0.160 e. The van der Waals surface area contributed by atoms with Crippen molar-refractivity contribution in [3.8, 4) is 45.0 Å². The molecule has 0 unspecified atom stereocenters. The van der Waals surface area contributed by atoms with Crippen LogP contribution in [0.2, 0.25) is 0 Å². The number of hydrogen-bond donors (Lipinski definition) is 0. The molecule has 2 heterocycles. The third-order valence-electron chi connectivity index (χ3n) is 5.02. The Hall–Kier alpha value is -4.11. The summed E-state index contributed by atoms with van der Waals surface area (Å²) in [6, 6.07) is 34.9. The molecule has 2 aromatic heterocycles. The van der Waals surface area contributed by atoms with Gasteiger partial charge >= 0.3 is 0 Å². The molecule has 0 atom stereocenters. The van der Waals surface area contributed by atoms with Crippen molar-refractivity contribution in [3.05, 3.63) is 116 Å². The molecule has 3 aromatic carbocycles. The van der Waals surface area contributed by atoms with Crippen LogP contribution in [-0.4, -0.2) is 15.0 Å². The maximum atomic E-state index is 4.88. The Morgan fingerprint density at radius 2 is 0.867 bits per heavy atom. The fourth-order valence-corrected chi connectivity index (χ4v) is 3.45. The highest BCUT2D eigenvalue weighted by molar-refractivity contribution is 5.73. The molecule has 0 fully saturated rings. The predicted molar refractivity (Wildman–Crippen MR) is 122 cm³/mol. The Balaban J connectivity index is 1.60. The van der Waals surface area contributed by atoms with E-state index in [0.717, 1.165) is 45.0 Å². The Kier molecular flexibility index (Phi) is 4.84. The molecule has 0 aliphatic carbocycles. The maximum Gasteiger partial charge on any atom is 0.160 e. The molecule has 0 amide bonds. The van der Waals surface area contributed by atoms with Gasteiger partial charge in [0.05, 0.1) is 11.4 Å². The van der Waals surface area contributed by atoms with E-state index in [2.05, 4.69) is 47.4 Å². The van der Waals surface area contributed by atoms with Gasteiger partial charge in [-0.1, -0.05) is 84.9 Å². The standard InChI is InChI=1S/C27H19N3/c1-3-7-22(8-4-1)25-19-26(30-27(29-25)24-9-5-2-6-10-24)23-13-11-20(12-14-23)21-15-17-28-18-16-21/h1-19H. The molecule has 0 saturated carbocycles. The second-order valence-electron chi connectivity index (χ2n) is 7.01. The first-order valence-corrected chi connectivity index (χ1v) is 9.87. The van der Waals surface area contributed by atoms with Crippen LogP contribution in [0.4, 0.5) is 0 Å². The van der Waals surface area contributed by atoms with Crippen LogP contribution in [-0.2, 0) is 0 Å². The number of pyridine rings is 1. The van der Waals surface area contributed by atoms with E-state index in [1.807, 2.05) is 73.1 Å². The van der Waals surface area contributed by atoms with Crippen LogP contribution >= 0.6 is 0 Å². The van der Waals surface area contributed by atoms with Crippen molar-refractivity contribution in [2.45, 2.75) is 0 Å². The molecule has 0 aliphatic rings. The molecule has 0 bridgehead atoms. The van der Waals surface area contributed by atoms with Crippen molar-refractivity contribution in [2.24, 2.45) is 0 Å². The van der Waals surface area contributed by atoms with E-state index in [-0.39, 0.29) is 0 Å². The molecule has 0 spiro atoms. The van der Waals surface area contributed by atoms with Gasteiger partial charge in [-0.3, -0.25) is 4.98 Å². The Morgan fingerprint density at radius 3 is 1.47 bits per heavy atom. The highest BCUT2D eigenvalue weighted by atomic mass is 14.9. The summed E-state index contributed by atoms with van der Waals surface area (Å²) in [4.78, 5) is 13.8. The monoisotopic (exact) mass is 385 g/mol. The van der Waals surface area contributed by atoms with Crippen LogP contribution in [0.1, 0.15) is 0 Å². The number of hydrogen-bond acceptors (Lipinski definition) is 3. The third-order valence-corrected chi connectivity index (χ3v) is 5.02. The van der Waals surface area contributed by atoms with Gasteiger partial charge in [-0.05, 0) is 29.3 Å². The first-order valence-electron chi connectivity index (χ1n) is 9.87. The molecular weight excluding hydrogens is 366 g/mol. The van der Waals surface area contributed by atoms with Crippen molar-refractivity contribution >= 4 is 0 Å². The van der Waals surface area contributed by atoms with Gasteiger partial charge in [-0.15, -0.1) is 0 Å². The van der Waals surface area contributed by atoms with Gasteiger partial charge in [0.2, 0.25) is 0 Å². The molecular formula is C27H19N3. The van der Waals surface area contributed by atoms with E-state index < -0.39 is 0 Å². The van der Waals surface area contributed by atoms with Crippen molar-refractivity contribution in [1.29, 1.82) is 0 Å². The summed E-state index contributed by atoms with van der Waals surface area (Å²) in [5.74, 6) is 0.727. The zero-order chi connectivity index (χ0) is 20.2. The number of benzene rings is 3. The van der Waals surface area contributed by atoms with Gasteiger partial charge in [0.1, 0.15) is 0 Å². The van der Waals surface area contributed by atoms with Crippen molar-refractivity contribution in [1.82, 2.24) is 15.0 Å². The van der Waals surface area contributed by atoms with Crippen LogP contribution < -0.4 is 0 Å². The predicted octanol–water partition coefficient (Wildman–Crippen LogP) is 6.54. The van der Waals surface area contributed by atoms with Gasteiger partial charge in [-0.2, -0.15) is 0 Å². The summed E-state index contributed by atoms with van der Waals surface area (Å²) in [7, 11) is 0. The summed E-state index contributed by atoms with van der Waals surface area (Å²) >= 11 is 0. The van der Waals surface area contributed by atoms with Crippen molar-refractivity contribution in [3.63, 3.8) is 0 Å². The molecule has 0 N–H and O–H groups in total. The first-order chi connectivity index (χ1) is 14.9. The lowest BCUT2D eigenvalue weighted by Crippen LogP contribution is -1.95. The van der Waals surface area contributed by atoms with E-state index in [9.17, 15) is 0 Å². The summed E-state index contributed by atoms with van der Waals surface area (Å²) in [6.07, 6.45) is 3.62. The zero-order valence-corrected chi connectivity index (χ0v) is 16.3. The average Bonchev–Trinajstić information content (AvgIpc) is 2.85. The second-order valence-corrected chi connectivity index (χ2v) is 7.01. The maximum absolute atomic E-state index is 4.88. The van der Waals surface area contributed by atoms with Crippen LogP contribution in [0.15, 0.2) is 116 Å². The quantitative estimate of drug-likeness (QED) is 0.352. The minimum atomic E-state index is 0.727. The average molecular weight is 385 g/mol. The lowest BCUT2D eigenvalue weighted by atomic mass is 10.0. The van der Waals surface area contributed by atoms with Gasteiger partial charge in [0, 0.05) is 29.1 Å². The highest BCUT2D eigenvalue weighted by Crippen LogP contribution is 2.29. The molecule has 142 valence electrons.